The summed E-state index contributed by atoms with van der Waals surface area (Å²) in [7, 11) is -3.64. The first kappa shape index (κ1) is 23.8. The van der Waals surface area contributed by atoms with E-state index in [0.717, 1.165) is 37.3 Å². The Morgan fingerprint density at radius 3 is 2.38 bits per heavy atom. The van der Waals surface area contributed by atoms with Gasteiger partial charge in [0.05, 0.1) is 9.82 Å². The number of carbonyl (C=O) groups is 2. The first-order valence-corrected chi connectivity index (χ1v) is 12.7. The zero-order chi connectivity index (χ0) is 24.3. The molecule has 0 bridgehead atoms. The topological polar surface area (TPSA) is 139 Å². The molecule has 10 nitrogen and oxygen atoms in total. The molecule has 0 unspecified atom stereocenters. The Labute approximate surface area is 197 Å². The van der Waals surface area contributed by atoms with Crippen LogP contribution in [0.15, 0.2) is 47.4 Å². The number of hydrogen-bond donors (Lipinski definition) is 2. The number of aryl methyl sites for hydroxylation is 2. The van der Waals surface area contributed by atoms with Gasteiger partial charge in [-0.15, -0.1) is 0 Å². The first-order valence-electron chi connectivity index (χ1n) is 11.2. The number of fused-ring (bicyclic) bond motifs is 1. The average molecular weight is 487 g/mol. The number of benzene rings is 2. The Bertz CT molecular complexity index is 1220. The molecule has 0 radical (unpaired) electrons. The lowest BCUT2D eigenvalue weighted by atomic mass is 9.92. The van der Waals surface area contributed by atoms with Gasteiger partial charge in [-0.25, -0.2) is 8.42 Å². The lowest BCUT2D eigenvalue weighted by Crippen LogP contribution is -2.48. The average Bonchev–Trinajstić information content (AvgIpc) is 2.86. The Morgan fingerprint density at radius 1 is 0.971 bits per heavy atom. The number of nitro benzene ring substituents is 1. The Balaban J connectivity index is 1.31. The van der Waals surface area contributed by atoms with Crippen LogP contribution in [0.25, 0.3) is 0 Å². The molecular weight excluding hydrogens is 460 g/mol. The van der Waals surface area contributed by atoms with Crippen LogP contribution < -0.4 is 10.9 Å². The standard InChI is InChI=1S/C23H26N4O6S/c28-22(24-25-23(29)19-6-3-7-20(14-19)27(30)31)17-10-12-26(13-11-17)34(32,33)21-9-8-16-4-1-2-5-18(16)15-21/h3,6-9,14-15,17H,1-2,4-5,10-13H2,(H,24,28)(H,25,29). The maximum absolute atomic E-state index is 13.1. The van der Waals surface area contributed by atoms with Crippen molar-refractivity contribution in [2.24, 2.45) is 5.92 Å². The van der Waals surface area contributed by atoms with Gasteiger partial charge in [0.15, 0.2) is 0 Å². The molecule has 4 rings (SSSR count). The fourth-order valence-corrected chi connectivity index (χ4v) is 5.95. The lowest BCUT2D eigenvalue weighted by molar-refractivity contribution is -0.384. The number of sulfonamides is 1. The van der Waals surface area contributed by atoms with Crippen LogP contribution in [0.2, 0.25) is 0 Å². The minimum absolute atomic E-state index is 0.0421. The fourth-order valence-electron chi connectivity index (χ4n) is 4.43. The van der Waals surface area contributed by atoms with Gasteiger partial charge in [0.1, 0.15) is 0 Å². The predicted molar refractivity (Wildman–Crippen MR) is 123 cm³/mol. The number of non-ortho nitro benzene ring substituents is 1. The van der Waals surface area contributed by atoms with Gasteiger partial charge in [0, 0.05) is 36.7 Å². The van der Waals surface area contributed by atoms with Crippen LogP contribution in [-0.2, 0) is 27.7 Å². The third-order valence-electron chi connectivity index (χ3n) is 6.40. The number of rotatable bonds is 5. The van der Waals surface area contributed by atoms with Crippen molar-refractivity contribution in [3.8, 4) is 0 Å². The highest BCUT2D eigenvalue weighted by atomic mass is 32.2. The van der Waals surface area contributed by atoms with Gasteiger partial charge in [-0.3, -0.25) is 30.6 Å². The summed E-state index contributed by atoms with van der Waals surface area (Å²) in [6, 6.07) is 10.5. The highest BCUT2D eigenvalue weighted by Gasteiger charge is 2.32. The zero-order valence-corrected chi connectivity index (χ0v) is 19.3. The predicted octanol–water partition coefficient (Wildman–Crippen LogP) is 2.34. The molecule has 1 aliphatic heterocycles. The molecule has 11 heteroatoms. The molecule has 1 heterocycles. The smallest absolute Gasteiger partial charge is 0.270 e. The van der Waals surface area contributed by atoms with E-state index in [1.807, 2.05) is 6.07 Å². The maximum atomic E-state index is 13.1. The van der Waals surface area contributed by atoms with E-state index in [-0.39, 0.29) is 24.3 Å². The van der Waals surface area contributed by atoms with Crippen LogP contribution in [0.3, 0.4) is 0 Å². The van der Waals surface area contributed by atoms with Gasteiger partial charge in [-0.2, -0.15) is 4.31 Å². The summed E-state index contributed by atoms with van der Waals surface area (Å²) in [5.74, 6) is -1.56. The Morgan fingerprint density at radius 2 is 1.68 bits per heavy atom. The normalized spacial score (nSPS) is 16.9. The SMILES string of the molecule is O=C(NNC(=O)C1CCN(S(=O)(=O)c2ccc3c(c2)CCCC3)CC1)c1cccc([N+](=O)[O-])c1. The number of hydrazine groups is 1. The van der Waals surface area contributed by atoms with Crippen LogP contribution in [0, 0.1) is 16.0 Å². The lowest BCUT2D eigenvalue weighted by Gasteiger charge is -2.30. The monoisotopic (exact) mass is 486 g/mol. The first-order chi connectivity index (χ1) is 16.3. The molecule has 0 aromatic heterocycles. The summed E-state index contributed by atoms with van der Waals surface area (Å²) in [6.07, 6.45) is 4.71. The molecule has 2 amide bonds. The highest BCUT2D eigenvalue weighted by molar-refractivity contribution is 7.89. The summed E-state index contributed by atoms with van der Waals surface area (Å²) in [5, 5.41) is 10.9. The molecule has 2 N–H and O–H groups in total. The second kappa shape index (κ2) is 9.90. The number of hydrogen-bond acceptors (Lipinski definition) is 6. The largest absolute Gasteiger partial charge is 0.273 e. The number of nitrogens with one attached hydrogen (secondary N) is 2. The van der Waals surface area contributed by atoms with Gasteiger partial charge in [0.25, 0.3) is 11.6 Å². The van der Waals surface area contributed by atoms with E-state index in [9.17, 15) is 28.1 Å². The van der Waals surface area contributed by atoms with Crippen molar-refractivity contribution in [1.29, 1.82) is 0 Å². The third-order valence-corrected chi connectivity index (χ3v) is 8.30. The van der Waals surface area contributed by atoms with Crippen molar-refractivity contribution in [2.45, 2.75) is 43.4 Å². The molecule has 0 spiro atoms. The van der Waals surface area contributed by atoms with Gasteiger partial charge < -0.3 is 0 Å². The molecule has 1 fully saturated rings. The summed E-state index contributed by atoms with van der Waals surface area (Å²) in [4.78, 5) is 35.2. The molecule has 1 aliphatic carbocycles. The molecule has 0 saturated carbocycles. The van der Waals surface area contributed by atoms with Crippen molar-refractivity contribution < 1.29 is 22.9 Å². The molecule has 1 saturated heterocycles. The van der Waals surface area contributed by atoms with E-state index in [2.05, 4.69) is 10.9 Å². The summed E-state index contributed by atoms with van der Waals surface area (Å²) in [6.45, 7) is 0.409. The summed E-state index contributed by atoms with van der Waals surface area (Å²) in [5.41, 5.74) is 6.73. The fraction of sp³-hybridized carbons (Fsp3) is 0.391. The van der Waals surface area contributed by atoms with Crippen LogP contribution in [0.5, 0.6) is 0 Å². The third kappa shape index (κ3) is 5.10. The van der Waals surface area contributed by atoms with Crippen LogP contribution >= 0.6 is 0 Å². The number of nitro groups is 1. The maximum Gasteiger partial charge on any atom is 0.270 e. The number of nitrogens with zero attached hydrogens (tertiary/aromatic N) is 2. The Kier molecular flexibility index (Phi) is 6.94. The van der Waals surface area contributed by atoms with Crippen molar-refractivity contribution >= 4 is 27.5 Å². The van der Waals surface area contributed by atoms with E-state index in [1.165, 1.54) is 28.1 Å². The summed E-state index contributed by atoms with van der Waals surface area (Å²) < 4.78 is 27.6. The van der Waals surface area contributed by atoms with Gasteiger partial charge in [-0.05, 0) is 67.9 Å². The molecule has 2 aromatic carbocycles. The molecule has 2 aliphatic rings. The molecule has 180 valence electrons. The molecule has 0 atom stereocenters. The number of carbonyl (C=O) groups excluding carboxylic acids is 2. The van der Waals surface area contributed by atoms with E-state index in [1.54, 1.807) is 12.1 Å². The second-order valence-electron chi connectivity index (χ2n) is 8.57. The van der Waals surface area contributed by atoms with Gasteiger partial charge in [0.2, 0.25) is 15.9 Å². The highest BCUT2D eigenvalue weighted by Crippen LogP contribution is 2.28. The minimum Gasteiger partial charge on any atom is -0.273 e. The quantitative estimate of drug-likeness (QED) is 0.491. The molecule has 34 heavy (non-hydrogen) atoms. The van der Waals surface area contributed by atoms with Crippen LogP contribution in [0.4, 0.5) is 5.69 Å². The van der Waals surface area contributed by atoms with E-state index < -0.39 is 32.7 Å². The summed E-state index contributed by atoms with van der Waals surface area (Å²) >= 11 is 0. The molecule has 2 aromatic rings. The minimum atomic E-state index is -3.64. The second-order valence-corrected chi connectivity index (χ2v) is 10.5. The van der Waals surface area contributed by atoms with Crippen molar-refractivity contribution in [3.05, 3.63) is 69.3 Å². The Hall–Kier alpha value is -3.31. The van der Waals surface area contributed by atoms with Crippen molar-refractivity contribution in [2.75, 3.05) is 13.1 Å². The van der Waals surface area contributed by atoms with Crippen LogP contribution in [-0.4, -0.2) is 42.6 Å². The van der Waals surface area contributed by atoms with Gasteiger partial charge in [-0.1, -0.05) is 12.1 Å². The van der Waals surface area contributed by atoms with Gasteiger partial charge >= 0.3 is 0 Å². The van der Waals surface area contributed by atoms with Crippen LogP contribution in [0.1, 0.15) is 47.2 Å². The van der Waals surface area contributed by atoms with Crippen molar-refractivity contribution in [3.63, 3.8) is 0 Å². The number of amides is 2. The molecular formula is C23H26N4O6S. The number of piperidine rings is 1. The van der Waals surface area contributed by atoms with E-state index >= 15 is 0 Å². The zero-order valence-electron chi connectivity index (χ0n) is 18.5. The van der Waals surface area contributed by atoms with E-state index in [4.69, 9.17) is 0 Å². The van der Waals surface area contributed by atoms with E-state index in [0.29, 0.717) is 17.7 Å². The van der Waals surface area contributed by atoms with Crippen molar-refractivity contribution in [1.82, 2.24) is 15.2 Å².